The van der Waals surface area contributed by atoms with Crippen LogP contribution in [0.25, 0.3) is 0 Å². The van der Waals surface area contributed by atoms with Gasteiger partial charge in [0.2, 0.25) is 5.91 Å². The summed E-state index contributed by atoms with van der Waals surface area (Å²) in [6, 6.07) is 6.78. The zero-order valence-electron chi connectivity index (χ0n) is 14.3. The van der Waals surface area contributed by atoms with Gasteiger partial charge in [0, 0.05) is 18.3 Å². The third-order valence-electron chi connectivity index (χ3n) is 4.65. The van der Waals surface area contributed by atoms with E-state index in [1.54, 1.807) is 24.1 Å². The lowest BCUT2D eigenvalue weighted by Gasteiger charge is -2.44. The van der Waals surface area contributed by atoms with Crippen LogP contribution in [0.4, 0.5) is 5.69 Å². The minimum Gasteiger partial charge on any atom is -0.497 e. The second-order valence-electron chi connectivity index (χ2n) is 7.00. The highest BCUT2D eigenvalue weighted by molar-refractivity contribution is 7.91. The van der Waals surface area contributed by atoms with E-state index in [0.717, 1.165) is 12.2 Å². The average Bonchev–Trinajstić information content (AvgIpc) is 2.82. The Hall–Kier alpha value is -1.60. The second kappa shape index (κ2) is 6.37. The molecule has 6 nitrogen and oxygen atoms in total. The summed E-state index contributed by atoms with van der Waals surface area (Å²) in [5.74, 6) is 1.21. The molecule has 1 aromatic carbocycles. The first-order valence-corrected chi connectivity index (χ1v) is 10.0. The molecule has 0 N–H and O–H groups in total. The van der Waals surface area contributed by atoms with Gasteiger partial charge in [-0.25, -0.2) is 8.42 Å². The van der Waals surface area contributed by atoms with Crippen molar-refractivity contribution >= 4 is 21.4 Å². The molecule has 132 valence electrons. The van der Waals surface area contributed by atoms with Gasteiger partial charge in [0.05, 0.1) is 31.2 Å². The number of methoxy groups -OCH3 is 1. The molecule has 0 unspecified atom stereocenters. The fourth-order valence-electron chi connectivity index (χ4n) is 3.71. The van der Waals surface area contributed by atoms with Crippen molar-refractivity contribution in [3.63, 3.8) is 0 Å². The fraction of sp³-hybridized carbons (Fsp3) is 0.588. The highest BCUT2D eigenvalue weighted by Crippen LogP contribution is 2.32. The number of sulfone groups is 1. The summed E-state index contributed by atoms with van der Waals surface area (Å²) < 4.78 is 29.6. The van der Waals surface area contributed by atoms with Gasteiger partial charge in [-0.2, -0.15) is 0 Å². The largest absolute Gasteiger partial charge is 0.497 e. The van der Waals surface area contributed by atoms with E-state index in [4.69, 9.17) is 4.74 Å². The van der Waals surface area contributed by atoms with Crippen LogP contribution in [0.15, 0.2) is 24.3 Å². The molecule has 0 spiro atoms. The summed E-state index contributed by atoms with van der Waals surface area (Å²) in [6.07, 6.45) is 0. The van der Waals surface area contributed by atoms with Crippen LogP contribution in [0.5, 0.6) is 5.75 Å². The Kier molecular flexibility index (Phi) is 4.57. The van der Waals surface area contributed by atoms with E-state index in [2.05, 4.69) is 13.8 Å². The molecule has 0 aliphatic carbocycles. The van der Waals surface area contributed by atoms with Crippen LogP contribution in [-0.2, 0) is 14.6 Å². The normalized spacial score (nSPS) is 26.7. The zero-order valence-corrected chi connectivity index (χ0v) is 15.1. The topological polar surface area (TPSA) is 66.9 Å². The highest BCUT2D eigenvalue weighted by Gasteiger charge is 2.49. The van der Waals surface area contributed by atoms with Crippen LogP contribution in [0, 0.1) is 5.92 Å². The van der Waals surface area contributed by atoms with Crippen molar-refractivity contribution in [1.29, 1.82) is 0 Å². The monoisotopic (exact) mass is 352 g/mol. The number of hydrogen-bond acceptors (Lipinski definition) is 5. The Morgan fingerprint density at radius 3 is 2.38 bits per heavy atom. The molecule has 24 heavy (non-hydrogen) atoms. The van der Waals surface area contributed by atoms with Gasteiger partial charge in [-0.15, -0.1) is 0 Å². The number of amides is 1. The predicted molar refractivity (Wildman–Crippen MR) is 93.1 cm³/mol. The number of carbonyl (C=O) groups excluding carboxylic acids is 1. The van der Waals surface area contributed by atoms with Crippen LogP contribution in [0.2, 0.25) is 0 Å². The molecule has 2 atom stereocenters. The predicted octanol–water partition coefficient (Wildman–Crippen LogP) is 1.17. The molecule has 1 aromatic rings. The van der Waals surface area contributed by atoms with Crippen molar-refractivity contribution in [3.05, 3.63) is 24.3 Å². The minimum atomic E-state index is -3.13. The molecule has 2 heterocycles. The number of fused-ring (bicyclic) bond motifs is 1. The third-order valence-corrected chi connectivity index (χ3v) is 6.35. The number of ether oxygens (including phenoxy) is 1. The van der Waals surface area contributed by atoms with Gasteiger partial charge in [0.1, 0.15) is 5.75 Å². The molecule has 2 aliphatic rings. The summed E-state index contributed by atoms with van der Waals surface area (Å²) in [5.41, 5.74) is 0.733. The Bertz CT molecular complexity index is 715. The number of nitrogens with zero attached hydrogens (tertiary/aromatic N) is 2. The Labute approximate surface area is 143 Å². The number of carbonyl (C=O) groups is 1. The summed E-state index contributed by atoms with van der Waals surface area (Å²) >= 11 is 0. The van der Waals surface area contributed by atoms with Crippen LogP contribution in [-0.4, -0.2) is 63.0 Å². The van der Waals surface area contributed by atoms with E-state index in [1.807, 2.05) is 17.0 Å². The van der Waals surface area contributed by atoms with Crippen molar-refractivity contribution in [2.24, 2.45) is 5.92 Å². The van der Waals surface area contributed by atoms with Crippen LogP contribution < -0.4 is 9.64 Å². The van der Waals surface area contributed by atoms with Gasteiger partial charge in [-0.3, -0.25) is 9.69 Å². The van der Waals surface area contributed by atoms with Gasteiger partial charge in [-0.1, -0.05) is 13.8 Å². The molecule has 0 saturated carbocycles. The van der Waals surface area contributed by atoms with Crippen molar-refractivity contribution in [2.45, 2.75) is 25.9 Å². The highest BCUT2D eigenvalue weighted by atomic mass is 32.2. The SMILES string of the molecule is COc1ccc(N2C(=O)CN(CC(C)C)[C@H]3CS(=O)(=O)C[C@@H]32)cc1. The maximum absolute atomic E-state index is 12.8. The third kappa shape index (κ3) is 3.28. The maximum atomic E-state index is 12.8. The first-order chi connectivity index (χ1) is 11.3. The lowest BCUT2D eigenvalue weighted by atomic mass is 10.0. The summed E-state index contributed by atoms with van der Waals surface area (Å²) in [4.78, 5) is 16.5. The van der Waals surface area contributed by atoms with Gasteiger partial charge in [0.15, 0.2) is 9.84 Å². The number of hydrogen-bond donors (Lipinski definition) is 0. The summed E-state index contributed by atoms with van der Waals surface area (Å²) in [6.45, 7) is 5.16. The van der Waals surface area contributed by atoms with E-state index >= 15 is 0 Å². The zero-order chi connectivity index (χ0) is 17.5. The van der Waals surface area contributed by atoms with Crippen molar-refractivity contribution in [2.75, 3.05) is 36.6 Å². The van der Waals surface area contributed by atoms with Gasteiger partial charge in [-0.05, 0) is 30.2 Å². The lowest BCUT2D eigenvalue weighted by molar-refractivity contribution is -0.123. The second-order valence-corrected chi connectivity index (χ2v) is 9.15. The molecule has 2 aliphatic heterocycles. The molecule has 0 aromatic heterocycles. The summed E-state index contributed by atoms with van der Waals surface area (Å²) in [7, 11) is -1.55. The number of rotatable bonds is 4. The Morgan fingerprint density at radius 1 is 1.17 bits per heavy atom. The molecule has 2 saturated heterocycles. The standard InChI is InChI=1S/C17H24N2O4S/c1-12(2)8-18-9-17(20)19(13-4-6-14(23-3)7-5-13)16-11-24(21,22)10-15(16)18/h4-7,12,15-16H,8-11H2,1-3H3/t15-,16-/m0/s1. The lowest BCUT2D eigenvalue weighted by Crippen LogP contribution is -2.62. The molecule has 1 amide bonds. The van der Waals surface area contributed by atoms with Crippen molar-refractivity contribution in [3.8, 4) is 5.75 Å². The average molecular weight is 352 g/mol. The molecule has 7 heteroatoms. The van der Waals surface area contributed by atoms with Crippen molar-refractivity contribution < 1.29 is 17.9 Å². The number of benzene rings is 1. The Morgan fingerprint density at radius 2 is 1.79 bits per heavy atom. The Balaban J connectivity index is 1.94. The van der Waals surface area contributed by atoms with E-state index in [-0.39, 0.29) is 36.0 Å². The minimum absolute atomic E-state index is 0.0318. The quantitative estimate of drug-likeness (QED) is 0.814. The smallest absolute Gasteiger partial charge is 0.241 e. The van der Waals surface area contributed by atoms with Gasteiger partial charge >= 0.3 is 0 Å². The first kappa shape index (κ1) is 17.2. The molecular weight excluding hydrogens is 328 g/mol. The van der Waals surface area contributed by atoms with Crippen molar-refractivity contribution in [1.82, 2.24) is 4.90 Å². The van der Waals surface area contributed by atoms with E-state index in [9.17, 15) is 13.2 Å². The molecular formula is C17H24N2O4S. The van der Waals surface area contributed by atoms with Crippen LogP contribution in [0.1, 0.15) is 13.8 Å². The molecule has 2 fully saturated rings. The molecule has 3 rings (SSSR count). The molecule has 0 bridgehead atoms. The first-order valence-electron chi connectivity index (χ1n) is 8.21. The van der Waals surface area contributed by atoms with E-state index < -0.39 is 9.84 Å². The van der Waals surface area contributed by atoms with Gasteiger partial charge in [0.25, 0.3) is 0 Å². The van der Waals surface area contributed by atoms with Crippen LogP contribution >= 0.6 is 0 Å². The van der Waals surface area contributed by atoms with Crippen LogP contribution in [0.3, 0.4) is 0 Å². The number of anilines is 1. The summed E-state index contributed by atoms with van der Waals surface area (Å²) in [5, 5.41) is 0. The van der Waals surface area contributed by atoms with E-state index in [0.29, 0.717) is 11.7 Å². The maximum Gasteiger partial charge on any atom is 0.241 e. The van der Waals surface area contributed by atoms with E-state index in [1.165, 1.54) is 0 Å². The number of piperazine rings is 1. The fourth-order valence-corrected chi connectivity index (χ4v) is 5.69. The van der Waals surface area contributed by atoms with Gasteiger partial charge < -0.3 is 9.64 Å². The molecule has 0 radical (unpaired) electrons.